The number of nitrogens with zero attached hydrogens (tertiary/aromatic N) is 1. The van der Waals surface area contributed by atoms with Gasteiger partial charge in [-0.25, -0.2) is 4.79 Å². The fraction of sp³-hybridized carbons (Fsp3) is 0.235. The van der Waals surface area contributed by atoms with Crippen molar-refractivity contribution in [3.05, 3.63) is 70.7 Å². The van der Waals surface area contributed by atoms with E-state index < -0.39 is 12.6 Å². The van der Waals surface area contributed by atoms with Crippen LogP contribution in [0.4, 0.5) is 0 Å². The van der Waals surface area contributed by atoms with E-state index in [0.29, 0.717) is 16.2 Å². The van der Waals surface area contributed by atoms with Crippen LogP contribution in [0.2, 0.25) is 0 Å². The molecular weight excluding hydrogens is 282 g/mol. The van der Waals surface area contributed by atoms with E-state index in [1.807, 2.05) is 12.1 Å². The lowest BCUT2D eigenvalue weighted by molar-refractivity contribution is -0.608. The van der Waals surface area contributed by atoms with Crippen molar-refractivity contribution in [1.82, 2.24) is 0 Å². The summed E-state index contributed by atoms with van der Waals surface area (Å²) in [5.41, 5.74) is 1.45. The van der Waals surface area contributed by atoms with Crippen molar-refractivity contribution < 1.29 is 19.1 Å². The van der Waals surface area contributed by atoms with Crippen LogP contribution >= 0.6 is 0 Å². The largest absolute Gasteiger partial charge is 0.618 e. The van der Waals surface area contributed by atoms with Crippen LogP contribution in [0.3, 0.4) is 0 Å². The van der Waals surface area contributed by atoms with Crippen LogP contribution in [-0.4, -0.2) is 18.4 Å². The molecule has 114 valence electrons. The molecule has 2 aromatic rings. The van der Waals surface area contributed by atoms with Crippen molar-refractivity contribution >= 4 is 11.8 Å². The number of aromatic nitrogens is 1. The molecule has 0 aliphatic heterocycles. The molecule has 0 saturated heterocycles. The minimum absolute atomic E-state index is 0.148. The predicted molar refractivity (Wildman–Crippen MR) is 80.5 cm³/mol. The summed E-state index contributed by atoms with van der Waals surface area (Å²) in [5, 5.41) is 11.4. The molecule has 1 heterocycles. The van der Waals surface area contributed by atoms with Crippen LogP contribution in [0, 0.1) is 5.21 Å². The number of Topliss-reactive ketones (excluding diaryl/α,β-unsaturated/α-hetero) is 1. The Morgan fingerprint density at radius 3 is 2.41 bits per heavy atom. The second-order valence-electron chi connectivity index (χ2n) is 5.19. The van der Waals surface area contributed by atoms with Gasteiger partial charge >= 0.3 is 11.7 Å². The minimum atomic E-state index is -0.817. The molecule has 0 aliphatic rings. The highest BCUT2D eigenvalue weighted by molar-refractivity contribution is 5.98. The third kappa shape index (κ3) is 3.69. The lowest BCUT2D eigenvalue weighted by Gasteiger charge is -2.07. The van der Waals surface area contributed by atoms with Crippen molar-refractivity contribution in [3.8, 4) is 0 Å². The Morgan fingerprint density at radius 1 is 1.14 bits per heavy atom. The Labute approximate surface area is 128 Å². The Morgan fingerprint density at radius 2 is 1.82 bits per heavy atom. The molecule has 22 heavy (non-hydrogen) atoms. The van der Waals surface area contributed by atoms with Crippen molar-refractivity contribution in [2.75, 3.05) is 6.61 Å². The number of ether oxygens (including phenoxy) is 1. The number of benzene rings is 1. The molecular formula is C17H17NO4. The lowest BCUT2D eigenvalue weighted by atomic mass is 10.0. The summed E-state index contributed by atoms with van der Waals surface area (Å²) in [7, 11) is 0. The summed E-state index contributed by atoms with van der Waals surface area (Å²) in [4.78, 5) is 23.7. The molecule has 0 spiro atoms. The Kier molecular flexibility index (Phi) is 4.88. The van der Waals surface area contributed by atoms with Crippen LogP contribution in [0.1, 0.15) is 46.2 Å². The summed E-state index contributed by atoms with van der Waals surface area (Å²) < 4.78 is 5.30. The Hall–Kier alpha value is -2.69. The fourth-order valence-electron chi connectivity index (χ4n) is 1.93. The van der Waals surface area contributed by atoms with E-state index in [4.69, 9.17) is 4.74 Å². The zero-order valence-electron chi connectivity index (χ0n) is 12.5. The number of hydrogen-bond acceptors (Lipinski definition) is 4. The maximum Gasteiger partial charge on any atom is 0.405 e. The first-order valence-corrected chi connectivity index (χ1v) is 6.97. The van der Waals surface area contributed by atoms with Gasteiger partial charge in [0.1, 0.15) is 0 Å². The van der Waals surface area contributed by atoms with Crippen LogP contribution < -0.4 is 4.73 Å². The first kappa shape index (κ1) is 15.7. The van der Waals surface area contributed by atoms with Gasteiger partial charge in [-0.3, -0.25) is 4.79 Å². The van der Waals surface area contributed by atoms with E-state index in [1.165, 1.54) is 18.3 Å². The average Bonchev–Trinajstić information content (AvgIpc) is 2.52. The molecule has 1 aromatic carbocycles. The van der Waals surface area contributed by atoms with Gasteiger partial charge in [-0.15, -0.1) is 0 Å². The summed E-state index contributed by atoms with van der Waals surface area (Å²) in [6.07, 6.45) is 1.20. The highest BCUT2D eigenvalue weighted by Crippen LogP contribution is 2.15. The molecule has 0 atom stereocenters. The minimum Gasteiger partial charge on any atom is -0.618 e. The number of esters is 1. The zero-order chi connectivity index (χ0) is 16.1. The SMILES string of the molecule is CC(C)c1ccc(C(=O)COC(=O)c2cccc[n+]2[O-])cc1. The molecule has 0 N–H and O–H groups in total. The summed E-state index contributed by atoms with van der Waals surface area (Å²) >= 11 is 0. The molecule has 0 unspecified atom stereocenters. The Balaban J connectivity index is 1.98. The lowest BCUT2D eigenvalue weighted by Crippen LogP contribution is -2.35. The number of hydrogen-bond donors (Lipinski definition) is 0. The summed E-state index contributed by atoms with van der Waals surface area (Å²) in [6, 6.07) is 11.6. The van der Waals surface area contributed by atoms with Gasteiger partial charge in [0, 0.05) is 17.7 Å². The number of carbonyl (C=O) groups is 2. The molecule has 5 nitrogen and oxygen atoms in total. The van der Waals surface area contributed by atoms with Gasteiger partial charge in [0.2, 0.25) is 0 Å². The third-order valence-electron chi connectivity index (χ3n) is 3.27. The van der Waals surface area contributed by atoms with Gasteiger partial charge in [0.25, 0.3) is 0 Å². The van der Waals surface area contributed by atoms with E-state index in [-0.39, 0.29) is 11.5 Å². The molecule has 0 aliphatic carbocycles. The summed E-state index contributed by atoms with van der Waals surface area (Å²) in [6.45, 7) is 3.74. The monoisotopic (exact) mass is 299 g/mol. The van der Waals surface area contributed by atoms with E-state index in [1.54, 1.807) is 18.2 Å². The van der Waals surface area contributed by atoms with E-state index in [0.717, 1.165) is 5.56 Å². The number of pyridine rings is 1. The van der Waals surface area contributed by atoms with E-state index >= 15 is 0 Å². The molecule has 0 fully saturated rings. The molecule has 0 amide bonds. The standard InChI is InChI=1S/C17H17NO4/c1-12(2)13-6-8-14(9-7-13)16(19)11-22-17(20)15-5-3-4-10-18(15)21/h3-10,12H,11H2,1-2H3. The number of ketones is 1. The topological polar surface area (TPSA) is 70.3 Å². The van der Waals surface area contributed by atoms with Crippen LogP contribution in [0.25, 0.3) is 0 Å². The maximum atomic E-state index is 12.0. The normalized spacial score (nSPS) is 10.5. The van der Waals surface area contributed by atoms with E-state index in [9.17, 15) is 14.8 Å². The second-order valence-corrected chi connectivity index (χ2v) is 5.19. The molecule has 5 heteroatoms. The van der Waals surface area contributed by atoms with Crippen molar-refractivity contribution in [2.45, 2.75) is 19.8 Å². The number of rotatable bonds is 5. The zero-order valence-corrected chi connectivity index (χ0v) is 12.5. The first-order valence-electron chi connectivity index (χ1n) is 6.97. The quantitative estimate of drug-likeness (QED) is 0.368. The van der Waals surface area contributed by atoms with Gasteiger partial charge in [-0.05, 0) is 17.5 Å². The highest BCUT2D eigenvalue weighted by Gasteiger charge is 2.18. The maximum absolute atomic E-state index is 12.0. The fourth-order valence-corrected chi connectivity index (χ4v) is 1.93. The second kappa shape index (κ2) is 6.85. The van der Waals surface area contributed by atoms with Crippen molar-refractivity contribution in [3.63, 3.8) is 0 Å². The van der Waals surface area contributed by atoms with Gasteiger partial charge in [0.05, 0.1) is 0 Å². The first-order chi connectivity index (χ1) is 10.5. The molecule has 0 saturated carbocycles. The van der Waals surface area contributed by atoms with Gasteiger partial charge in [-0.1, -0.05) is 38.1 Å². The molecule has 2 rings (SSSR count). The van der Waals surface area contributed by atoms with E-state index in [2.05, 4.69) is 13.8 Å². The third-order valence-corrected chi connectivity index (χ3v) is 3.27. The molecule has 1 aromatic heterocycles. The highest BCUT2D eigenvalue weighted by atomic mass is 16.5. The van der Waals surface area contributed by atoms with Crippen LogP contribution in [0.15, 0.2) is 48.7 Å². The van der Waals surface area contributed by atoms with Crippen LogP contribution in [0.5, 0.6) is 0 Å². The predicted octanol–water partition coefficient (Wildman–Crippen LogP) is 2.48. The van der Waals surface area contributed by atoms with Crippen molar-refractivity contribution in [1.29, 1.82) is 0 Å². The summed E-state index contributed by atoms with van der Waals surface area (Å²) in [5.74, 6) is -0.743. The molecule has 0 bridgehead atoms. The van der Waals surface area contributed by atoms with Crippen LogP contribution in [-0.2, 0) is 4.74 Å². The smallest absolute Gasteiger partial charge is 0.405 e. The average molecular weight is 299 g/mol. The van der Waals surface area contributed by atoms with Gasteiger partial charge < -0.3 is 9.94 Å². The Bertz CT molecular complexity index is 677. The number of carbonyl (C=O) groups excluding carboxylic acids is 2. The molecule has 0 radical (unpaired) electrons. The van der Waals surface area contributed by atoms with Gasteiger partial charge in [0.15, 0.2) is 18.6 Å². The van der Waals surface area contributed by atoms with Gasteiger partial charge in [-0.2, -0.15) is 4.73 Å². The van der Waals surface area contributed by atoms with Crippen molar-refractivity contribution in [2.24, 2.45) is 0 Å².